The zero-order valence-corrected chi connectivity index (χ0v) is 17.5. The molecule has 28 heavy (non-hydrogen) atoms. The number of fused-ring (bicyclic) bond motifs is 2. The average Bonchev–Trinajstić information content (AvgIpc) is 3.14. The number of pyridine rings is 1. The molecule has 1 aromatic carbocycles. The van der Waals surface area contributed by atoms with Crippen LogP contribution in [0.2, 0.25) is 0 Å². The van der Waals surface area contributed by atoms with Gasteiger partial charge in [-0.3, -0.25) is 14.7 Å². The van der Waals surface area contributed by atoms with E-state index in [0.29, 0.717) is 18.6 Å². The van der Waals surface area contributed by atoms with Gasteiger partial charge >= 0.3 is 0 Å². The Morgan fingerprint density at radius 2 is 1.82 bits per heavy atom. The van der Waals surface area contributed by atoms with Crippen molar-refractivity contribution in [2.75, 3.05) is 19.8 Å². The highest BCUT2D eigenvalue weighted by Gasteiger charge is 2.59. The molecule has 1 aliphatic carbocycles. The van der Waals surface area contributed by atoms with E-state index in [0.717, 1.165) is 29.4 Å². The van der Waals surface area contributed by atoms with Gasteiger partial charge in [0.2, 0.25) is 5.91 Å². The minimum absolute atomic E-state index is 0.125. The quantitative estimate of drug-likeness (QED) is 0.861. The lowest BCUT2D eigenvalue weighted by Crippen LogP contribution is -2.43. The molecule has 1 N–H and O–H groups in total. The van der Waals surface area contributed by atoms with Crippen molar-refractivity contribution < 1.29 is 9.53 Å². The molecule has 4 rings (SSSR count). The zero-order valence-electron chi connectivity index (χ0n) is 17.5. The fourth-order valence-electron chi connectivity index (χ4n) is 4.47. The fourth-order valence-corrected chi connectivity index (χ4v) is 4.47. The number of amides is 1. The molecule has 1 aliphatic heterocycles. The van der Waals surface area contributed by atoms with E-state index in [1.807, 2.05) is 24.5 Å². The van der Waals surface area contributed by atoms with Crippen molar-refractivity contribution in [1.82, 2.24) is 15.2 Å². The Morgan fingerprint density at radius 1 is 1.14 bits per heavy atom. The van der Waals surface area contributed by atoms with Crippen molar-refractivity contribution in [2.45, 2.75) is 45.8 Å². The Kier molecular flexibility index (Phi) is 4.71. The number of likely N-dealkylation sites (tertiary alicyclic amines) is 1. The van der Waals surface area contributed by atoms with Crippen LogP contribution in [0.1, 0.15) is 40.2 Å². The third kappa shape index (κ3) is 3.78. The first-order valence-corrected chi connectivity index (χ1v) is 10.2. The lowest BCUT2D eigenvalue weighted by Gasteiger charge is -2.29. The van der Waals surface area contributed by atoms with Gasteiger partial charge in [-0.15, -0.1) is 0 Å². The van der Waals surface area contributed by atoms with E-state index >= 15 is 0 Å². The number of hydrogen-bond donors (Lipinski definition) is 1. The van der Waals surface area contributed by atoms with Crippen LogP contribution in [0.15, 0.2) is 36.7 Å². The van der Waals surface area contributed by atoms with Gasteiger partial charge < -0.3 is 10.1 Å². The van der Waals surface area contributed by atoms with E-state index in [4.69, 9.17) is 4.74 Å². The van der Waals surface area contributed by atoms with E-state index in [1.54, 1.807) is 0 Å². The van der Waals surface area contributed by atoms with Crippen LogP contribution < -0.4 is 5.32 Å². The number of benzene rings is 1. The summed E-state index contributed by atoms with van der Waals surface area (Å²) in [6, 6.07) is 8.20. The number of rotatable bonds is 5. The van der Waals surface area contributed by atoms with E-state index < -0.39 is 5.54 Å². The number of hydrogen-bond acceptors (Lipinski definition) is 4. The number of nitrogens with one attached hydrogen (secondary N) is 1. The molecule has 1 unspecified atom stereocenters. The first-order valence-electron chi connectivity index (χ1n) is 10.2. The van der Waals surface area contributed by atoms with Crippen LogP contribution in [0.5, 0.6) is 0 Å². The molecule has 150 valence electrons. The van der Waals surface area contributed by atoms with Gasteiger partial charge in [0.25, 0.3) is 0 Å². The maximum absolute atomic E-state index is 13.0. The molecular weight excluding hydrogens is 350 g/mol. The van der Waals surface area contributed by atoms with Crippen molar-refractivity contribution in [3.05, 3.63) is 42.2 Å². The predicted octanol–water partition coefficient (Wildman–Crippen LogP) is 3.54. The summed E-state index contributed by atoms with van der Waals surface area (Å²) in [6.45, 7) is 12.9. The van der Waals surface area contributed by atoms with Crippen molar-refractivity contribution in [3.8, 4) is 0 Å². The number of carbonyl (C=O) groups is 1. The van der Waals surface area contributed by atoms with Gasteiger partial charge in [0.15, 0.2) is 0 Å². The van der Waals surface area contributed by atoms with Crippen LogP contribution in [0.3, 0.4) is 0 Å². The van der Waals surface area contributed by atoms with Crippen LogP contribution in [0.4, 0.5) is 0 Å². The summed E-state index contributed by atoms with van der Waals surface area (Å²) in [5.41, 5.74) is 0.474. The van der Waals surface area contributed by atoms with E-state index in [-0.39, 0.29) is 17.4 Å². The third-order valence-electron chi connectivity index (χ3n) is 6.03. The molecule has 2 aliphatic rings. The van der Waals surface area contributed by atoms with Gasteiger partial charge in [0, 0.05) is 42.4 Å². The summed E-state index contributed by atoms with van der Waals surface area (Å²) < 4.78 is 5.88. The minimum atomic E-state index is -0.461. The molecule has 0 radical (unpaired) electrons. The standard InChI is InChI=1S/C23H31N3O2/c1-22(2,3)28-14-26-12-17-18(13-26)20(17)21(27)25-23(4,5)19-11-24-10-15-8-6-7-9-16(15)19/h6-11,17-18,20H,12-14H2,1-5H3,(H,25,27)/t17-,18+,20?. The van der Waals surface area contributed by atoms with Crippen LogP contribution >= 0.6 is 0 Å². The molecule has 3 atom stereocenters. The number of carbonyl (C=O) groups excluding carboxylic acids is 1. The van der Waals surface area contributed by atoms with Gasteiger partial charge in [0.1, 0.15) is 0 Å². The largest absolute Gasteiger partial charge is 0.360 e. The lowest BCUT2D eigenvalue weighted by atomic mass is 9.91. The van der Waals surface area contributed by atoms with Crippen molar-refractivity contribution >= 4 is 16.7 Å². The molecule has 1 aromatic heterocycles. The highest BCUT2D eigenvalue weighted by Crippen LogP contribution is 2.52. The van der Waals surface area contributed by atoms with E-state index in [9.17, 15) is 4.79 Å². The molecule has 2 aromatic rings. The number of nitrogens with zero attached hydrogens (tertiary/aromatic N) is 2. The summed E-state index contributed by atoms with van der Waals surface area (Å²) in [5, 5.41) is 5.54. The van der Waals surface area contributed by atoms with Crippen LogP contribution in [0, 0.1) is 17.8 Å². The topological polar surface area (TPSA) is 54.5 Å². The monoisotopic (exact) mass is 381 g/mol. The highest BCUT2D eigenvalue weighted by atomic mass is 16.5. The molecule has 1 amide bonds. The maximum atomic E-state index is 13.0. The number of ether oxygens (including phenoxy) is 1. The fraction of sp³-hybridized carbons (Fsp3) is 0.565. The third-order valence-corrected chi connectivity index (χ3v) is 6.03. The van der Waals surface area contributed by atoms with Crippen molar-refractivity contribution in [1.29, 1.82) is 0 Å². The zero-order chi connectivity index (χ0) is 20.1. The molecule has 0 bridgehead atoms. The smallest absolute Gasteiger partial charge is 0.224 e. The van der Waals surface area contributed by atoms with Crippen molar-refractivity contribution in [3.63, 3.8) is 0 Å². The first-order chi connectivity index (χ1) is 13.2. The van der Waals surface area contributed by atoms with Gasteiger partial charge in [-0.1, -0.05) is 24.3 Å². The lowest BCUT2D eigenvalue weighted by molar-refractivity contribution is -0.125. The molecule has 5 heteroatoms. The summed E-state index contributed by atoms with van der Waals surface area (Å²) in [4.78, 5) is 19.7. The second-order valence-electron chi connectivity index (χ2n) is 9.80. The van der Waals surface area contributed by atoms with Crippen LogP contribution in [-0.4, -0.2) is 41.2 Å². The van der Waals surface area contributed by atoms with Crippen LogP contribution in [0.25, 0.3) is 10.8 Å². The molecule has 0 spiro atoms. The van der Waals surface area contributed by atoms with E-state index in [2.05, 4.69) is 62.0 Å². The summed E-state index contributed by atoms with van der Waals surface area (Å²) in [7, 11) is 0. The maximum Gasteiger partial charge on any atom is 0.224 e. The molecule has 1 saturated carbocycles. The molecule has 5 nitrogen and oxygen atoms in total. The Balaban J connectivity index is 1.39. The summed E-state index contributed by atoms with van der Waals surface area (Å²) in [5.74, 6) is 1.23. The van der Waals surface area contributed by atoms with Crippen molar-refractivity contribution in [2.24, 2.45) is 17.8 Å². The second kappa shape index (κ2) is 6.82. The van der Waals surface area contributed by atoms with Gasteiger partial charge in [-0.25, -0.2) is 0 Å². The second-order valence-corrected chi connectivity index (χ2v) is 9.80. The highest BCUT2D eigenvalue weighted by molar-refractivity contribution is 5.87. The predicted molar refractivity (Wildman–Crippen MR) is 111 cm³/mol. The van der Waals surface area contributed by atoms with E-state index in [1.165, 1.54) is 0 Å². The number of piperidine rings is 1. The minimum Gasteiger partial charge on any atom is -0.360 e. The summed E-state index contributed by atoms with van der Waals surface area (Å²) in [6.07, 6.45) is 3.75. The Labute approximate surface area is 167 Å². The van der Waals surface area contributed by atoms with Crippen LogP contribution in [-0.2, 0) is 15.1 Å². The molecular formula is C23H31N3O2. The Morgan fingerprint density at radius 3 is 2.50 bits per heavy atom. The first kappa shape index (κ1) is 19.3. The molecule has 2 fully saturated rings. The molecule has 2 heterocycles. The average molecular weight is 382 g/mol. The molecule has 1 saturated heterocycles. The van der Waals surface area contributed by atoms with Gasteiger partial charge in [0.05, 0.1) is 17.9 Å². The Hall–Kier alpha value is -1.98. The normalized spacial score (nSPS) is 25.0. The Bertz CT molecular complexity index is 870. The van der Waals surface area contributed by atoms with Gasteiger partial charge in [-0.2, -0.15) is 0 Å². The van der Waals surface area contributed by atoms with Gasteiger partial charge in [-0.05, 0) is 51.8 Å². The number of aromatic nitrogens is 1. The summed E-state index contributed by atoms with van der Waals surface area (Å²) >= 11 is 0. The SMILES string of the molecule is CC(C)(C)OCN1C[C@@H]2C(C(=O)NC(C)(C)c3cncc4ccccc34)[C@@H]2C1.